The van der Waals surface area contributed by atoms with E-state index in [2.05, 4.69) is 9.97 Å². The number of fused-ring (bicyclic) bond motifs is 1. The summed E-state index contributed by atoms with van der Waals surface area (Å²) in [5, 5.41) is 0.0752. The van der Waals surface area contributed by atoms with Crippen LogP contribution < -0.4 is 0 Å². The molecule has 96 valence electrons. The Morgan fingerprint density at radius 1 is 1.22 bits per heavy atom. The molecule has 0 saturated carbocycles. The zero-order valence-corrected chi connectivity index (χ0v) is 11.4. The maximum absolute atomic E-state index is 13.1. The van der Waals surface area contributed by atoms with Crippen molar-refractivity contribution in [2.75, 3.05) is 0 Å². The van der Waals surface area contributed by atoms with Crippen LogP contribution in [0.4, 0.5) is 17.6 Å². The van der Waals surface area contributed by atoms with Gasteiger partial charge in [-0.25, -0.2) is 18.7 Å². The van der Waals surface area contributed by atoms with Crippen molar-refractivity contribution in [3.05, 3.63) is 32.7 Å². The third-order valence-electron chi connectivity index (χ3n) is 2.18. The van der Waals surface area contributed by atoms with Crippen molar-refractivity contribution in [1.82, 2.24) is 9.97 Å². The molecule has 0 fully saturated rings. The maximum Gasteiger partial charge on any atom is 0.365 e. The van der Waals surface area contributed by atoms with Gasteiger partial charge in [-0.2, -0.15) is 8.78 Å². The first kappa shape index (κ1) is 13.7. The van der Waals surface area contributed by atoms with Crippen molar-refractivity contribution in [1.29, 1.82) is 0 Å². The predicted octanol–water partition coefficient (Wildman–Crippen LogP) is 4.24. The van der Waals surface area contributed by atoms with Crippen LogP contribution in [-0.2, 0) is 5.92 Å². The molecule has 0 spiro atoms. The van der Waals surface area contributed by atoms with E-state index in [0.29, 0.717) is 5.39 Å². The third-order valence-corrected chi connectivity index (χ3v) is 3.14. The van der Waals surface area contributed by atoms with Gasteiger partial charge in [0.05, 0.1) is 5.52 Å². The molecular weight excluding hydrogens is 386 g/mol. The van der Waals surface area contributed by atoms with Gasteiger partial charge in [0.1, 0.15) is 5.15 Å². The second-order valence-corrected chi connectivity index (χ2v) is 5.03. The van der Waals surface area contributed by atoms with Crippen molar-refractivity contribution in [3.63, 3.8) is 0 Å². The van der Waals surface area contributed by atoms with E-state index >= 15 is 0 Å². The fourth-order valence-corrected chi connectivity index (χ4v) is 2.03. The summed E-state index contributed by atoms with van der Waals surface area (Å²) in [6.45, 7) is 0. The Hall–Kier alpha value is -0.700. The van der Waals surface area contributed by atoms with Crippen LogP contribution in [-0.4, -0.2) is 16.4 Å². The minimum absolute atomic E-state index is 0.103. The summed E-state index contributed by atoms with van der Waals surface area (Å²) in [6, 6.07) is 4.62. The van der Waals surface area contributed by atoms with Crippen LogP contribution in [0, 0.1) is 3.57 Å². The van der Waals surface area contributed by atoms with Gasteiger partial charge in [-0.3, -0.25) is 0 Å². The van der Waals surface area contributed by atoms with E-state index in [0.717, 1.165) is 3.57 Å². The Morgan fingerprint density at radius 3 is 2.50 bits per heavy atom. The topological polar surface area (TPSA) is 25.8 Å². The molecule has 0 N–H and O–H groups in total. The molecule has 2 rings (SSSR count). The van der Waals surface area contributed by atoms with Crippen molar-refractivity contribution in [2.45, 2.75) is 12.3 Å². The monoisotopic (exact) mass is 390 g/mol. The van der Waals surface area contributed by atoms with Crippen LogP contribution in [0.15, 0.2) is 18.2 Å². The number of alkyl halides is 4. The molecule has 0 aliphatic carbocycles. The number of halogens is 6. The number of hydrogen-bond acceptors (Lipinski definition) is 2. The van der Waals surface area contributed by atoms with Gasteiger partial charge in [0.25, 0.3) is 0 Å². The van der Waals surface area contributed by atoms with E-state index in [4.69, 9.17) is 11.6 Å². The Morgan fingerprint density at radius 2 is 1.89 bits per heavy atom. The second kappa shape index (κ2) is 4.76. The van der Waals surface area contributed by atoms with Crippen LogP contribution in [0.25, 0.3) is 10.9 Å². The van der Waals surface area contributed by atoms with E-state index in [1.54, 1.807) is 12.1 Å². The summed E-state index contributed by atoms with van der Waals surface area (Å²) >= 11 is 7.71. The molecule has 0 saturated heterocycles. The van der Waals surface area contributed by atoms with Crippen molar-refractivity contribution >= 4 is 45.1 Å². The van der Waals surface area contributed by atoms with Gasteiger partial charge in [-0.1, -0.05) is 11.6 Å². The number of benzene rings is 1. The average Bonchev–Trinajstić information content (AvgIpc) is 2.29. The largest absolute Gasteiger partial charge is 0.365 e. The summed E-state index contributed by atoms with van der Waals surface area (Å²) < 4.78 is 51.5. The van der Waals surface area contributed by atoms with Crippen molar-refractivity contribution < 1.29 is 17.6 Å². The fraction of sp³-hybridized carbons (Fsp3) is 0.200. The number of aromatic nitrogens is 2. The van der Waals surface area contributed by atoms with Gasteiger partial charge in [0.2, 0.25) is 5.82 Å². The molecule has 18 heavy (non-hydrogen) atoms. The molecule has 1 aromatic carbocycles. The lowest BCUT2D eigenvalue weighted by Gasteiger charge is -2.14. The summed E-state index contributed by atoms with van der Waals surface area (Å²) in [4.78, 5) is 6.70. The molecule has 0 amide bonds. The van der Waals surface area contributed by atoms with E-state index in [1.807, 2.05) is 22.6 Å². The van der Waals surface area contributed by atoms with Gasteiger partial charge < -0.3 is 0 Å². The van der Waals surface area contributed by atoms with Crippen LogP contribution in [0.1, 0.15) is 5.82 Å². The lowest BCUT2D eigenvalue weighted by Crippen LogP contribution is -2.26. The smallest absolute Gasteiger partial charge is 0.227 e. The zero-order chi connectivity index (χ0) is 13.5. The molecule has 2 aromatic rings. The first-order chi connectivity index (χ1) is 8.32. The summed E-state index contributed by atoms with van der Waals surface area (Å²) in [6.07, 6.45) is -3.88. The van der Waals surface area contributed by atoms with Gasteiger partial charge in [0.15, 0.2) is 0 Å². The van der Waals surface area contributed by atoms with Crippen molar-refractivity contribution in [2.24, 2.45) is 0 Å². The molecule has 0 radical (unpaired) electrons. The van der Waals surface area contributed by atoms with Crippen LogP contribution in [0.2, 0.25) is 5.15 Å². The molecule has 0 atom stereocenters. The lowest BCUT2D eigenvalue weighted by molar-refractivity contribution is -0.140. The van der Waals surface area contributed by atoms with Crippen LogP contribution in [0.3, 0.4) is 0 Å². The van der Waals surface area contributed by atoms with Crippen LogP contribution in [0.5, 0.6) is 0 Å². The molecule has 0 unspecified atom stereocenters. The molecule has 0 aliphatic rings. The summed E-state index contributed by atoms with van der Waals surface area (Å²) in [5.74, 6) is -5.68. The number of nitrogens with zero attached hydrogens (tertiary/aromatic N) is 2. The molecule has 0 bridgehead atoms. The first-order valence-electron chi connectivity index (χ1n) is 4.61. The minimum Gasteiger partial charge on any atom is -0.227 e. The Labute approximate surface area is 118 Å². The molecule has 1 heterocycles. The molecule has 8 heteroatoms. The normalized spacial score (nSPS) is 12.4. The number of hydrogen-bond donors (Lipinski definition) is 0. The quantitative estimate of drug-likeness (QED) is 0.435. The van der Waals surface area contributed by atoms with Gasteiger partial charge in [-0.15, -0.1) is 0 Å². The zero-order valence-electron chi connectivity index (χ0n) is 8.47. The van der Waals surface area contributed by atoms with Gasteiger partial charge >= 0.3 is 12.3 Å². The number of rotatable bonds is 2. The van der Waals surface area contributed by atoms with Crippen molar-refractivity contribution in [3.8, 4) is 0 Å². The molecular formula is C10H4ClF4IN2. The predicted molar refractivity (Wildman–Crippen MR) is 67.2 cm³/mol. The minimum atomic E-state index is -4.42. The van der Waals surface area contributed by atoms with E-state index in [9.17, 15) is 17.6 Å². The lowest BCUT2D eigenvalue weighted by atomic mass is 10.2. The highest BCUT2D eigenvalue weighted by atomic mass is 127. The maximum atomic E-state index is 13.1. The fourth-order valence-electron chi connectivity index (χ4n) is 1.31. The van der Waals surface area contributed by atoms with E-state index < -0.39 is 18.2 Å². The SMILES string of the molecule is FC(F)C(F)(F)c1nc(Cl)c2cc(I)ccc2n1. The standard InChI is InChI=1S/C10H4ClF4IN2/c11-7-5-3-4(16)1-2-6(5)17-9(18-7)10(14,15)8(12)13/h1-3,8H. The Balaban J connectivity index is 2.67. The average molecular weight is 391 g/mol. The highest BCUT2D eigenvalue weighted by molar-refractivity contribution is 14.1. The van der Waals surface area contributed by atoms with E-state index in [1.165, 1.54) is 6.07 Å². The highest BCUT2D eigenvalue weighted by Gasteiger charge is 2.46. The molecule has 2 nitrogen and oxygen atoms in total. The van der Waals surface area contributed by atoms with Crippen LogP contribution >= 0.6 is 34.2 Å². The Kier molecular flexibility index (Phi) is 3.63. The summed E-state index contributed by atoms with van der Waals surface area (Å²) in [5.41, 5.74) is 0.103. The second-order valence-electron chi connectivity index (χ2n) is 3.42. The Bertz CT molecular complexity index is 606. The molecule has 1 aromatic heterocycles. The van der Waals surface area contributed by atoms with E-state index in [-0.39, 0.29) is 10.7 Å². The summed E-state index contributed by atoms with van der Waals surface area (Å²) in [7, 11) is 0. The molecule has 0 aliphatic heterocycles. The highest BCUT2D eigenvalue weighted by Crippen LogP contribution is 2.34. The van der Waals surface area contributed by atoms with Gasteiger partial charge in [-0.05, 0) is 40.8 Å². The van der Waals surface area contributed by atoms with Gasteiger partial charge in [0, 0.05) is 8.96 Å². The first-order valence-corrected chi connectivity index (χ1v) is 6.07. The third kappa shape index (κ3) is 2.37.